The number of aliphatic carboxylic acids is 1. The second-order valence-electron chi connectivity index (χ2n) is 2.68. The molecule has 78 valence electrons. The Hall–Kier alpha value is -0.660. The average molecular weight is 211 g/mol. The summed E-state index contributed by atoms with van der Waals surface area (Å²) in [5, 5.41) is 17.0. The molecule has 0 radical (unpaired) electrons. The maximum absolute atomic E-state index is 10.8. The van der Waals surface area contributed by atoms with Crippen LogP contribution in [0, 0.1) is 0 Å². The molecular weight excluding hydrogens is 198 g/mol. The molecule has 0 fully saturated rings. The molecule has 0 saturated carbocycles. The molecule has 3 N–H and O–H groups in total. The Bertz CT molecular complexity index is 258. The largest absolute Gasteiger partial charge is 0.480 e. The zero-order valence-corrected chi connectivity index (χ0v) is 8.04. The maximum Gasteiger partial charge on any atom is 0.320 e. The average Bonchev–Trinajstić information content (AvgIpc) is 1.81. The third kappa shape index (κ3) is 7.69. The van der Waals surface area contributed by atoms with E-state index in [-0.39, 0.29) is 13.0 Å². The van der Waals surface area contributed by atoms with Crippen LogP contribution in [0.4, 0.5) is 0 Å². The number of rotatable bonds is 6. The highest BCUT2D eigenvalue weighted by molar-refractivity contribution is 7.90. The van der Waals surface area contributed by atoms with Crippen LogP contribution in [0.25, 0.3) is 0 Å². The summed E-state index contributed by atoms with van der Waals surface area (Å²) in [5.74, 6) is -2.34. The Morgan fingerprint density at radius 1 is 1.54 bits per heavy atom. The predicted molar refractivity (Wildman–Crippen MR) is 45.7 cm³/mol. The smallest absolute Gasteiger partial charge is 0.320 e. The van der Waals surface area contributed by atoms with Gasteiger partial charge in [-0.2, -0.15) is 0 Å². The van der Waals surface area contributed by atoms with Crippen molar-refractivity contribution < 1.29 is 23.4 Å². The van der Waals surface area contributed by atoms with Crippen molar-refractivity contribution in [1.29, 1.82) is 0 Å². The Kier molecular flexibility index (Phi) is 4.89. The lowest BCUT2D eigenvalue weighted by atomic mass is 10.3. The van der Waals surface area contributed by atoms with Crippen LogP contribution in [-0.4, -0.2) is 43.0 Å². The van der Waals surface area contributed by atoms with Gasteiger partial charge >= 0.3 is 5.97 Å². The summed E-state index contributed by atoms with van der Waals surface area (Å²) in [5.41, 5.74) is 0. The first-order valence-corrected chi connectivity index (χ1v) is 5.36. The molecule has 0 aliphatic rings. The maximum atomic E-state index is 10.8. The highest BCUT2D eigenvalue weighted by atomic mass is 32.2. The molecule has 0 bridgehead atoms. The number of nitrogens with one attached hydrogen (secondary N) is 1. The van der Waals surface area contributed by atoms with Gasteiger partial charge in [0.25, 0.3) is 0 Å². The minimum absolute atomic E-state index is 0.0489. The molecular formula is C6H13NO5S. The summed E-state index contributed by atoms with van der Waals surface area (Å²) in [7, 11) is -3.74. The topological polar surface area (TPSA) is 104 Å². The second-order valence-corrected chi connectivity index (χ2v) is 4.49. The summed E-state index contributed by atoms with van der Waals surface area (Å²) in [6.07, 6.45) is -0.341. The van der Waals surface area contributed by atoms with Gasteiger partial charge in [0.2, 0.25) is 10.0 Å². The molecule has 1 unspecified atom stereocenters. The molecule has 6 nitrogen and oxygen atoms in total. The van der Waals surface area contributed by atoms with Crippen LogP contribution >= 0.6 is 0 Å². The van der Waals surface area contributed by atoms with E-state index in [0.29, 0.717) is 0 Å². The van der Waals surface area contributed by atoms with Crippen LogP contribution in [0.2, 0.25) is 0 Å². The van der Waals surface area contributed by atoms with E-state index >= 15 is 0 Å². The van der Waals surface area contributed by atoms with Crippen molar-refractivity contribution in [3.05, 3.63) is 0 Å². The van der Waals surface area contributed by atoms with Gasteiger partial charge in [-0.1, -0.05) is 0 Å². The number of aliphatic hydroxyl groups excluding tert-OH is 1. The molecule has 0 aliphatic carbocycles. The molecule has 0 amide bonds. The fourth-order valence-electron chi connectivity index (χ4n) is 0.637. The molecule has 7 heteroatoms. The van der Waals surface area contributed by atoms with Crippen LogP contribution in [-0.2, 0) is 14.8 Å². The van der Waals surface area contributed by atoms with E-state index < -0.39 is 27.8 Å². The van der Waals surface area contributed by atoms with E-state index in [4.69, 9.17) is 10.2 Å². The molecule has 1 atom stereocenters. The summed E-state index contributed by atoms with van der Waals surface area (Å²) >= 11 is 0. The molecule has 0 heterocycles. The van der Waals surface area contributed by atoms with Crippen LogP contribution < -0.4 is 4.72 Å². The normalized spacial score (nSPS) is 14.0. The van der Waals surface area contributed by atoms with Gasteiger partial charge in [0.15, 0.2) is 5.75 Å². The Balaban J connectivity index is 3.84. The molecule has 0 aliphatic heterocycles. The molecule has 0 aromatic heterocycles. The van der Waals surface area contributed by atoms with Gasteiger partial charge in [-0.15, -0.1) is 0 Å². The second kappa shape index (κ2) is 5.15. The highest BCUT2D eigenvalue weighted by Gasteiger charge is 2.14. The SMILES string of the molecule is CC(O)CCNS(=O)(=O)CC(=O)O. The molecule has 0 aromatic rings. The van der Waals surface area contributed by atoms with Crippen LogP contribution in [0.5, 0.6) is 0 Å². The van der Waals surface area contributed by atoms with Crippen molar-refractivity contribution in [3.63, 3.8) is 0 Å². The van der Waals surface area contributed by atoms with Gasteiger partial charge in [0.1, 0.15) is 0 Å². The Labute approximate surface area is 76.6 Å². The van der Waals surface area contributed by atoms with E-state index in [1.54, 1.807) is 0 Å². The Morgan fingerprint density at radius 2 is 2.08 bits per heavy atom. The van der Waals surface area contributed by atoms with E-state index in [1.807, 2.05) is 0 Å². The zero-order chi connectivity index (χ0) is 10.5. The monoisotopic (exact) mass is 211 g/mol. The van der Waals surface area contributed by atoms with E-state index in [2.05, 4.69) is 4.72 Å². The fraction of sp³-hybridized carbons (Fsp3) is 0.833. The number of aliphatic hydroxyl groups is 1. The first-order chi connectivity index (χ1) is 5.83. The van der Waals surface area contributed by atoms with Crippen molar-refractivity contribution >= 4 is 16.0 Å². The van der Waals surface area contributed by atoms with Gasteiger partial charge in [-0.25, -0.2) is 13.1 Å². The number of carbonyl (C=O) groups is 1. The molecule has 0 spiro atoms. The van der Waals surface area contributed by atoms with Crippen molar-refractivity contribution in [2.24, 2.45) is 0 Å². The highest BCUT2D eigenvalue weighted by Crippen LogP contribution is 1.89. The first-order valence-electron chi connectivity index (χ1n) is 3.70. The third-order valence-corrected chi connectivity index (χ3v) is 2.47. The van der Waals surface area contributed by atoms with Crippen LogP contribution in [0.15, 0.2) is 0 Å². The third-order valence-electron chi connectivity index (χ3n) is 1.20. The fourth-order valence-corrected chi connectivity index (χ4v) is 1.49. The number of carboxylic acid groups (broad SMARTS) is 1. The van der Waals surface area contributed by atoms with Gasteiger partial charge in [0.05, 0.1) is 6.10 Å². The number of carboxylic acids is 1. The zero-order valence-electron chi connectivity index (χ0n) is 7.23. The summed E-state index contributed by atoms with van der Waals surface area (Å²) < 4.78 is 23.8. The van der Waals surface area contributed by atoms with Crippen molar-refractivity contribution in [2.75, 3.05) is 12.3 Å². The number of hydrogen-bond acceptors (Lipinski definition) is 4. The first kappa shape index (κ1) is 12.3. The lowest BCUT2D eigenvalue weighted by Gasteiger charge is -2.05. The van der Waals surface area contributed by atoms with Crippen molar-refractivity contribution in [1.82, 2.24) is 4.72 Å². The number of sulfonamides is 1. The Morgan fingerprint density at radius 3 is 2.46 bits per heavy atom. The van der Waals surface area contributed by atoms with Gasteiger partial charge < -0.3 is 10.2 Å². The van der Waals surface area contributed by atoms with Crippen LogP contribution in [0.1, 0.15) is 13.3 Å². The van der Waals surface area contributed by atoms with Crippen LogP contribution in [0.3, 0.4) is 0 Å². The summed E-state index contributed by atoms with van der Waals surface area (Å²) in [6, 6.07) is 0. The van der Waals surface area contributed by atoms with Crippen molar-refractivity contribution in [2.45, 2.75) is 19.4 Å². The van der Waals surface area contributed by atoms with Crippen molar-refractivity contribution in [3.8, 4) is 0 Å². The van der Waals surface area contributed by atoms with Gasteiger partial charge in [-0.05, 0) is 13.3 Å². The molecule has 0 rings (SSSR count). The quantitative estimate of drug-likeness (QED) is 0.510. The summed E-state index contributed by atoms with van der Waals surface area (Å²) in [6.45, 7) is 1.57. The lowest BCUT2D eigenvalue weighted by Crippen LogP contribution is -2.31. The van der Waals surface area contributed by atoms with E-state index in [1.165, 1.54) is 6.92 Å². The number of hydrogen-bond donors (Lipinski definition) is 3. The van der Waals surface area contributed by atoms with Gasteiger partial charge in [0, 0.05) is 6.54 Å². The molecule has 0 saturated heterocycles. The molecule has 0 aromatic carbocycles. The predicted octanol–water partition coefficient (Wildman–Crippen LogP) is -1.24. The van der Waals surface area contributed by atoms with E-state index in [9.17, 15) is 13.2 Å². The minimum Gasteiger partial charge on any atom is -0.480 e. The lowest BCUT2D eigenvalue weighted by molar-refractivity contribution is -0.134. The summed E-state index contributed by atoms with van der Waals surface area (Å²) in [4.78, 5) is 10.0. The standard InChI is InChI=1S/C6H13NO5S/c1-5(8)2-3-7-13(11,12)4-6(9)10/h5,7-8H,2-4H2,1H3,(H,9,10). The molecule has 13 heavy (non-hydrogen) atoms. The van der Waals surface area contributed by atoms with Gasteiger partial charge in [-0.3, -0.25) is 4.79 Å². The minimum atomic E-state index is -3.74. The van der Waals surface area contributed by atoms with E-state index in [0.717, 1.165) is 0 Å².